The molecule has 0 saturated carbocycles. The molecule has 0 fully saturated rings. The summed E-state index contributed by atoms with van der Waals surface area (Å²) >= 11 is 3.37. The van der Waals surface area contributed by atoms with Crippen molar-refractivity contribution in [1.82, 2.24) is 10.2 Å². The van der Waals surface area contributed by atoms with Gasteiger partial charge in [-0.25, -0.2) is 0 Å². The Balaban J connectivity index is 2.24. The molecule has 4 nitrogen and oxygen atoms in total. The second-order valence-corrected chi connectivity index (χ2v) is 4.27. The molecule has 82 valence electrons. The first kappa shape index (κ1) is 10.9. The van der Waals surface area contributed by atoms with E-state index in [0.717, 1.165) is 15.7 Å². The number of benzene rings is 1. The monoisotopic (exact) mass is 279 g/mol. The lowest BCUT2D eigenvalue weighted by Gasteiger charge is -1.96. The molecule has 5 heteroatoms. The lowest BCUT2D eigenvalue weighted by molar-refractivity contribution is -0.114. The van der Waals surface area contributed by atoms with Gasteiger partial charge in [0.1, 0.15) is 0 Å². The zero-order chi connectivity index (χ0) is 11.5. The second kappa shape index (κ2) is 4.49. The number of rotatable bonds is 2. The Labute approximate surface area is 101 Å². The molecule has 0 spiro atoms. The maximum atomic E-state index is 10.8. The van der Waals surface area contributed by atoms with E-state index in [1.165, 1.54) is 6.92 Å². The number of aromatic nitrogens is 2. The molecular formula is C11H10BrN3O. The van der Waals surface area contributed by atoms with E-state index in [1.54, 1.807) is 6.07 Å². The number of nitrogens with one attached hydrogen (secondary N) is 2. The Hall–Kier alpha value is -1.62. The quantitative estimate of drug-likeness (QED) is 0.888. The van der Waals surface area contributed by atoms with E-state index in [4.69, 9.17) is 0 Å². The second-order valence-electron chi connectivity index (χ2n) is 3.35. The van der Waals surface area contributed by atoms with Crippen molar-refractivity contribution in [3.63, 3.8) is 0 Å². The maximum Gasteiger partial charge on any atom is 0.222 e. The Morgan fingerprint density at radius 1 is 1.38 bits per heavy atom. The largest absolute Gasteiger partial charge is 0.309 e. The van der Waals surface area contributed by atoms with E-state index >= 15 is 0 Å². The predicted octanol–water partition coefficient (Wildman–Crippen LogP) is 2.80. The molecule has 0 aliphatic heterocycles. The predicted molar refractivity (Wildman–Crippen MR) is 66.0 cm³/mol. The smallest absolute Gasteiger partial charge is 0.222 e. The van der Waals surface area contributed by atoms with Crippen molar-refractivity contribution in [3.05, 3.63) is 34.8 Å². The van der Waals surface area contributed by atoms with Gasteiger partial charge in [-0.2, -0.15) is 5.10 Å². The summed E-state index contributed by atoms with van der Waals surface area (Å²) in [6.07, 6.45) is 0. The summed E-state index contributed by atoms with van der Waals surface area (Å²) in [4.78, 5) is 10.8. The van der Waals surface area contributed by atoms with Crippen molar-refractivity contribution in [3.8, 4) is 11.3 Å². The molecule has 1 amide bonds. The molecule has 0 saturated heterocycles. The lowest BCUT2D eigenvalue weighted by Crippen LogP contribution is -2.05. The third-order valence-electron chi connectivity index (χ3n) is 2.04. The van der Waals surface area contributed by atoms with Gasteiger partial charge in [-0.05, 0) is 17.7 Å². The average Bonchev–Trinajstić information content (AvgIpc) is 2.66. The first-order valence-electron chi connectivity index (χ1n) is 4.74. The van der Waals surface area contributed by atoms with Gasteiger partial charge in [0.05, 0.1) is 5.69 Å². The van der Waals surface area contributed by atoms with Gasteiger partial charge in [0.25, 0.3) is 0 Å². The van der Waals surface area contributed by atoms with Crippen LogP contribution in [0.1, 0.15) is 6.92 Å². The van der Waals surface area contributed by atoms with E-state index in [1.807, 2.05) is 24.3 Å². The molecule has 0 unspecified atom stereocenters. The van der Waals surface area contributed by atoms with Crippen molar-refractivity contribution in [1.29, 1.82) is 0 Å². The van der Waals surface area contributed by atoms with Crippen LogP contribution in [0.5, 0.6) is 0 Å². The molecule has 0 atom stereocenters. The summed E-state index contributed by atoms with van der Waals surface area (Å²) in [7, 11) is 0. The highest BCUT2D eigenvalue weighted by Gasteiger charge is 2.04. The molecule has 2 rings (SSSR count). The van der Waals surface area contributed by atoms with Crippen LogP contribution in [0.2, 0.25) is 0 Å². The molecule has 2 aromatic rings. The van der Waals surface area contributed by atoms with E-state index < -0.39 is 0 Å². The highest BCUT2D eigenvalue weighted by Crippen LogP contribution is 2.21. The van der Waals surface area contributed by atoms with Crippen LogP contribution < -0.4 is 5.32 Å². The van der Waals surface area contributed by atoms with Crippen LogP contribution in [0.3, 0.4) is 0 Å². The van der Waals surface area contributed by atoms with Gasteiger partial charge in [0.2, 0.25) is 5.91 Å². The molecular weight excluding hydrogens is 270 g/mol. The Morgan fingerprint density at radius 2 is 2.06 bits per heavy atom. The summed E-state index contributed by atoms with van der Waals surface area (Å²) < 4.78 is 1.03. The van der Waals surface area contributed by atoms with Gasteiger partial charge >= 0.3 is 0 Å². The van der Waals surface area contributed by atoms with Crippen molar-refractivity contribution >= 4 is 27.7 Å². The number of amides is 1. The maximum absolute atomic E-state index is 10.8. The normalized spacial score (nSPS) is 10.1. The number of carbonyl (C=O) groups excluding carboxylic acids is 1. The number of hydrogen-bond donors (Lipinski definition) is 2. The molecule has 2 N–H and O–H groups in total. The number of nitrogens with zero attached hydrogens (tertiary/aromatic N) is 1. The minimum atomic E-state index is -0.131. The number of aromatic amines is 1. The van der Waals surface area contributed by atoms with E-state index in [-0.39, 0.29) is 5.91 Å². The van der Waals surface area contributed by atoms with Crippen LogP contribution >= 0.6 is 15.9 Å². The van der Waals surface area contributed by atoms with Crippen LogP contribution in [-0.2, 0) is 4.79 Å². The van der Waals surface area contributed by atoms with Crippen LogP contribution in [0.4, 0.5) is 5.82 Å². The molecule has 0 bridgehead atoms. The van der Waals surface area contributed by atoms with Crippen molar-refractivity contribution < 1.29 is 4.79 Å². The number of H-pyrrole nitrogens is 1. The third kappa shape index (κ3) is 2.49. The summed E-state index contributed by atoms with van der Waals surface area (Å²) in [5.74, 6) is 0.402. The standard InChI is InChI=1S/C11H10BrN3O/c1-7(16)13-11-6-10(14-15-11)8-2-4-9(12)5-3-8/h2-6H,1H3,(H2,13,14,15,16). The molecule has 0 aliphatic rings. The highest BCUT2D eigenvalue weighted by molar-refractivity contribution is 9.10. The molecule has 16 heavy (non-hydrogen) atoms. The van der Waals surface area contributed by atoms with Gasteiger partial charge in [-0.1, -0.05) is 28.1 Å². The van der Waals surface area contributed by atoms with E-state index in [0.29, 0.717) is 5.82 Å². The van der Waals surface area contributed by atoms with Crippen molar-refractivity contribution in [2.75, 3.05) is 5.32 Å². The molecule has 0 aliphatic carbocycles. The molecule has 1 aromatic carbocycles. The Morgan fingerprint density at radius 3 is 2.69 bits per heavy atom. The van der Waals surface area contributed by atoms with Crippen LogP contribution in [0.15, 0.2) is 34.8 Å². The van der Waals surface area contributed by atoms with Crippen molar-refractivity contribution in [2.24, 2.45) is 0 Å². The van der Waals surface area contributed by atoms with Gasteiger partial charge < -0.3 is 5.32 Å². The molecule has 0 radical (unpaired) electrons. The van der Waals surface area contributed by atoms with Crippen LogP contribution in [-0.4, -0.2) is 16.1 Å². The topological polar surface area (TPSA) is 57.8 Å². The summed E-state index contributed by atoms with van der Waals surface area (Å²) in [6, 6.07) is 9.64. The van der Waals surface area contributed by atoms with Crippen molar-refractivity contribution in [2.45, 2.75) is 6.92 Å². The summed E-state index contributed by atoms with van der Waals surface area (Å²) in [5.41, 5.74) is 1.89. The highest BCUT2D eigenvalue weighted by atomic mass is 79.9. The van der Waals surface area contributed by atoms with E-state index in [2.05, 4.69) is 31.4 Å². The number of carbonyl (C=O) groups is 1. The zero-order valence-electron chi connectivity index (χ0n) is 8.62. The van der Waals surface area contributed by atoms with Gasteiger partial charge in [-0.3, -0.25) is 9.89 Å². The average molecular weight is 280 g/mol. The summed E-state index contributed by atoms with van der Waals surface area (Å²) in [6.45, 7) is 1.45. The molecule has 1 heterocycles. The summed E-state index contributed by atoms with van der Waals surface area (Å²) in [5, 5.41) is 9.47. The first-order valence-corrected chi connectivity index (χ1v) is 5.53. The van der Waals surface area contributed by atoms with Gasteiger partial charge in [0.15, 0.2) is 5.82 Å². The zero-order valence-corrected chi connectivity index (χ0v) is 10.2. The number of hydrogen-bond acceptors (Lipinski definition) is 2. The number of halogens is 1. The fourth-order valence-corrected chi connectivity index (χ4v) is 1.61. The first-order chi connectivity index (χ1) is 7.65. The fraction of sp³-hybridized carbons (Fsp3) is 0.0909. The van der Waals surface area contributed by atoms with Gasteiger partial charge in [0, 0.05) is 17.5 Å². The Bertz CT molecular complexity index is 504. The van der Waals surface area contributed by atoms with Crippen LogP contribution in [0.25, 0.3) is 11.3 Å². The minimum Gasteiger partial charge on any atom is -0.309 e. The van der Waals surface area contributed by atoms with E-state index in [9.17, 15) is 4.79 Å². The molecule has 1 aromatic heterocycles. The van der Waals surface area contributed by atoms with Gasteiger partial charge in [-0.15, -0.1) is 0 Å². The SMILES string of the molecule is CC(=O)Nc1cc(-c2ccc(Br)cc2)[nH]n1. The third-order valence-corrected chi connectivity index (χ3v) is 2.57. The number of anilines is 1. The fourth-order valence-electron chi connectivity index (χ4n) is 1.34. The van der Waals surface area contributed by atoms with Crippen LogP contribution in [0, 0.1) is 0 Å². The minimum absolute atomic E-state index is 0.131. The Kier molecular flexibility index (Phi) is 3.05. The lowest BCUT2D eigenvalue weighted by atomic mass is 10.1.